The van der Waals surface area contributed by atoms with Crippen molar-refractivity contribution in [2.75, 3.05) is 0 Å². The van der Waals surface area contributed by atoms with Crippen LogP contribution >= 0.6 is 15.9 Å². The molecule has 4 aromatic rings. The van der Waals surface area contributed by atoms with E-state index in [0.29, 0.717) is 16.5 Å². The molecule has 0 spiro atoms. The van der Waals surface area contributed by atoms with Gasteiger partial charge in [-0.2, -0.15) is 0 Å². The Kier molecular flexibility index (Phi) is 4.47. The van der Waals surface area contributed by atoms with E-state index < -0.39 is 11.9 Å². The van der Waals surface area contributed by atoms with Crippen molar-refractivity contribution in [2.45, 2.75) is 12.6 Å². The highest BCUT2D eigenvalue weighted by molar-refractivity contribution is 9.10. The van der Waals surface area contributed by atoms with E-state index in [9.17, 15) is 14.0 Å². The Morgan fingerprint density at radius 3 is 2.63 bits per heavy atom. The van der Waals surface area contributed by atoms with E-state index in [-0.39, 0.29) is 29.2 Å². The maximum atomic E-state index is 13.5. The number of nitrogens with zero attached hydrogens (tertiary/aromatic N) is 2. The lowest BCUT2D eigenvalue weighted by Crippen LogP contribution is -2.29. The molecule has 2 aromatic heterocycles. The molecule has 0 unspecified atom stereocenters. The summed E-state index contributed by atoms with van der Waals surface area (Å²) in [6.45, 7) is 0.235. The zero-order chi connectivity index (χ0) is 20.8. The molecule has 2 aromatic carbocycles. The van der Waals surface area contributed by atoms with Gasteiger partial charge in [-0.1, -0.05) is 34.1 Å². The van der Waals surface area contributed by atoms with Gasteiger partial charge < -0.3 is 9.32 Å². The average Bonchev–Trinajstić information content (AvgIpc) is 3.02. The summed E-state index contributed by atoms with van der Waals surface area (Å²) >= 11 is 3.38. The van der Waals surface area contributed by atoms with Gasteiger partial charge in [0, 0.05) is 23.4 Å². The Morgan fingerprint density at radius 1 is 1.10 bits per heavy atom. The predicted octanol–water partition coefficient (Wildman–Crippen LogP) is 4.84. The number of aromatic nitrogens is 1. The fraction of sp³-hybridized carbons (Fsp3) is 0.0870. The molecular weight excluding hydrogens is 451 g/mol. The van der Waals surface area contributed by atoms with E-state index >= 15 is 0 Å². The van der Waals surface area contributed by atoms with Gasteiger partial charge in [-0.25, -0.2) is 4.39 Å². The van der Waals surface area contributed by atoms with E-state index in [2.05, 4.69) is 20.9 Å². The number of carbonyl (C=O) groups excluding carboxylic acids is 1. The van der Waals surface area contributed by atoms with Crippen molar-refractivity contribution in [3.05, 3.63) is 110 Å². The van der Waals surface area contributed by atoms with Gasteiger partial charge in [0.15, 0.2) is 5.43 Å². The SMILES string of the molecule is O=C1c2oc3ccc(Br)cc3c(=O)c2[C@H](c2ccc(F)cc2)N1Cc1cccnc1. The van der Waals surface area contributed by atoms with Gasteiger partial charge in [-0.3, -0.25) is 14.6 Å². The molecule has 3 heterocycles. The molecular formula is C23H14BrFN2O3. The smallest absolute Gasteiger partial charge is 0.291 e. The van der Waals surface area contributed by atoms with Crippen LogP contribution in [0.2, 0.25) is 0 Å². The molecule has 5 nitrogen and oxygen atoms in total. The van der Waals surface area contributed by atoms with E-state index in [1.165, 1.54) is 12.1 Å². The molecule has 0 fully saturated rings. The third-order valence-corrected chi connectivity index (χ3v) is 5.68. The Morgan fingerprint density at radius 2 is 1.90 bits per heavy atom. The summed E-state index contributed by atoms with van der Waals surface area (Å²) < 4.78 is 20.2. The summed E-state index contributed by atoms with van der Waals surface area (Å²) in [7, 11) is 0. The molecule has 0 bridgehead atoms. The second-order valence-corrected chi connectivity index (χ2v) is 7.98. The molecule has 0 saturated carbocycles. The van der Waals surface area contributed by atoms with Gasteiger partial charge in [0.25, 0.3) is 5.91 Å². The fourth-order valence-electron chi connectivity index (χ4n) is 3.84. The molecule has 30 heavy (non-hydrogen) atoms. The van der Waals surface area contributed by atoms with Crippen LogP contribution in [0.25, 0.3) is 11.0 Å². The Bertz CT molecular complexity index is 1340. The number of fused-ring (bicyclic) bond motifs is 2. The molecule has 1 aliphatic heterocycles. The van der Waals surface area contributed by atoms with E-state index in [1.54, 1.807) is 53.7 Å². The first-order valence-electron chi connectivity index (χ1n) is 9.24. The topological polar surface area (TPSA) is 63.4 Å². The van der Waals surface area contributed by atoms with Crippen molar-refractivity contribution in [3.8, 4) is 0 Å². The fourth-order valence-corrected chi connectivity index (χ4v) is 4.20. The number of halogens is 2. The van der Waals surface area contributed by atoms with Gasteiger partial charge in [-0.05, 0) is 47.5 Å². The van der Waals surface area contributed by atoms with Crippen molar-refractivity contribution in [3.63, 3.8) is 0 Å². The summed E-state index contributed by atoms with van der Waals surface area (Å²) in [4.78, 5) is 32.4. The lowest BCUT2D eigenvalue weighted by Gasteiger charge is -2.25. The number of carbonyl (C=O) groups is 1. The molecule has 1 aliphatic rings. The molecule has 7 heteroatoms. The van der Waals surface area contributed by atoms with Crippen LogP contribution in [0.3, 0.4) is 0 Å². The van der Waals surface area contributed by atoms with E-state index in [0.717, 1.165) is 10.0 Å². The summed E-state index contributed by atoms with van der Waals surface area (Å²) in [5.74, 6) is -0.755. The van der Waals surface area contributed by atoms with E-state index in [4.69, 9.17) is 4.42 Å². The third-order valence-electron chi connectivity index (χ3n) is 5.19. The zero-order valence-electron chi connectivity index (χ0n) is 15.5. The van der Waals surface area contributed by atoms with Crippen LogP contribution in [0.5, 0.6) is 0 Å². The molecule has 0 aliphatic carbocycles. The molecule has 1 atom stereocenters. The van der Waals surface area contributed by atoms with Gasteiger partial charge in [0.2, 0.25) is 5.76 Å². The Labute approximate surface area is 178 Å². The number of rotatable bonds is 3. The van der Waals surface area contributed by atoms with Crippen molar-refractivity contribution in [1.29, 1.82) is 0 Å². The highest BCUT2D eigenvalue weighted by Gasteiger charge is 2.42. The molecule has 0 N–H and O–H groups in total. The van der Waals surface area contributed by atoms with Crippen LogP contribution in [0, 0.1) is 5.82 Å². The van der Waals surface area contributed by atoms with Gasteiger partial charge >= 0.3 is 0 Å². The lowest BCUT2D eigenvalue weighted by atomic mass is 9.98. The number of pyridine rings is 1. The molecule has 1 amide bonds. The highest BCUT2D eigenvalue weighted by atomic mass is 79.9. The maximum Gasteiger partial charge on any atom is 0.291 e. The lowest BCUT2D eigenvalue weighted by molar-refractivity contribution is 0.0714. The maximum absolute atomic E-state index is 13.5. The highest BCUT2D eigenvalue weighted by Crippen LogP contribution is 2.39. The minimum Gasteiger partial charge on any atom is -0.450 e. The zero-order valence-corrected chi connectivity index (χ0v) is 17.1. The Balaban J connectivity index is 1.74. The van der Waals surface area contributed by atoms with Crippen LogP contribution in [0.1, 0.15) is 33.3 Å². The number of amides is 1. The van der Waals surface area contributed by atoms with Crippen molar-refractivity contribution >= 4 is 32.8 Å². The second-order valence-electron chi connectivity index (χ2n) is 7.06. The van der Waals surface area contributed by atoms with Crippen LogP contribution in [-0.2, 0) is 6.54 Å². The van der Waals surface area contributed by atoms with E-state index in [1.807, 2.05) is 6.07 Å². The summed E-state index contributed by atoms with van der Waals surface area (Å²) in [5, 5.41) is 0.381. The summed E-state index contributed by atoms with van der Waals surface area (Å²) in [6, 6.07) is 13.8. The first kappa shape index (κ1) is 18.7. The number of hydrogen-bond donors (Lipinski definition) is 0. The largest absolute Gasteiger partial charge is 0.450 e. The first-order valence-corrected chi connectivity index (χ1v) is 10.0. The van der Waals surface area contributed by atoms with Crippen LogP contribution in [0.4, 0.5) is 4.39 Å². The van der Waals surface area contributed by atoms with Crippen molar-refractivity contribution < 1.29 is 13.6 Å². The normalized spacial score (nSPS) is 15.6. The molecule has 148 valence electrons. The molecule has 0 radical (unpaired) electrons. The predicted molar refractivity (Wildman–Crippen MR) is 113 cm³/mol. The average molecular weight is 465 g/mol. The molecule has 5 rings (SSSR count). The first-order chi connectivity index (χ1) is 14.5. The minimum absolute atomic E-state index is 0.0213. The number of benzene rings is 2. The third kappa shape index (κ3) is 3.02. The standard InChI is InChI=1S/C23H14BrFN2O3/c24-15-5-8-18-17(10-15)21(28)19-20(14-3-6-16(25)7-4-14)27(23(29)22(19)30-18)12-13-2-1-9-26-11-13/h1-11,20H,12H2/t20-/m0/s1. The number of hydrogen-bond acceptors (Lipinski definition) is 4. The van der Waals surface area contributed by atoms with Crippen LogP contribution < -0.4 is 5.43 Å². The molecule has 0 saturated heterocycles. The van der Waals surface area contributed by atoms with Gasteiger partial charge in [-0.15, -0.1) is 0 Å². The van der Waals surface area contributed by atoms with Crippen LogP contribution in [-0.4, -0.2) is 15.8 Å². The quantitative estimate of drug-likeness (QED) is 0.435. The summed E-state index contributed by atoms with van der Waals surface area (Å²) in [5.41, 5.74) is 1.78. The second kappa shape index (κ2) is 7.18. The van der Waals surface area contributed by atoms with Crippen LogP contribution in [0.15, 0.2) is 80.7 Å². The minimum atomic E-state index is -0.687. The van der Waals surface area contributed by atoms with Gasteiger partial charge in [0.05, 0.1) is 17.0 Å². The van der Waals surface area contributed by atoms with Crippen molar-refractivity contribution in [1.82, 2.24) is 9.88 Å². The summed E-state index contributed by atoms with van der Waals surface area (Å²) in [6.07, 6.45) is 3.32. The van der Waals surface area contributed by atoms with Gasteiger partial charge in [0.1, 0.15) is 11.4 Å². The Hall–Kier alpha value is -3.32. The monoisotopic (exact) mass is 464 g/mol. The van der Waals surface area contributed by atoms with Crippen molar-refractivity contribution in [2.24, 2.45) is 0 Å².